The number of nitrogens with zero attached hydrogens (tertiary/aromatic N) is 3. The van der Waals surface area contributed by atoms with Gasteiger partial charge >= 0.3 is 0 Å². The molecule has 0 unspecified atom stereocenters. The van der Waals surface area contributed by atoms with Crippen LogP contribution in [0.15, 0.2) is 6.07 Å². The van der Waals surface area contributed by atoms with Crippen molar-refractivity contribution < 1.29 is 29.3 Å². The van der Waals surface area contributed by atoms with E-state index >= 15 is 0 Å². The van der Waals surface area contributed by atoms with Crippen LogP contribution in [0, 0.1) is 0 Å². The number of piperazine rings is 1. The van der Waals surface area contributed by atoms with Crippen molar-refractivity contribution in [2.45, 2.75) is 34.5 Å². The van der Waals surface area contributed by atoms with E-state index < -0.39 is 33.5 Å². The van der Waals surface area contributed by atoms with Gasteiger partial charge in [-0.2, -0.15) is 0 Å². The van der Waals surface area contributed by atoms with E-state index in [0.717, 1.165) is 10.8 Å². The van der Waals surface area contributed by atoms with Crippen LogP contribution < -0.4 is 14.4 Å². The summed E-state index contributed by atoms with van der Waals surface area (Å²) in [5.74, 6) is -0.232. The third kappa shape index (κ3) is 1.81. The van der Waals surface area contributed by atoms with Crippen LogP contribution in [0.25, 0.3) is 0 Å². The quantitative estimate of drug-likeness (QED) is 0.604. The molecule has 4 fully saturated rings. The molecule has 0 saturated carbocycles. The highest BCUT2D eigenvalue weighted by Crippen LogP contribution is 2.69. The molecular weight excluding hydrogens is 454 g/mol. The normalized spacial score (nSPS) is 38.7. The Morgan fingerprint density at radius 3 is 2.37 bits per heavy atom. The van der Waals surface area contributed by atoms with Gasteiger partial charge in [0.25, 0.3) is 11.8 Å². The number of ether oxygens (including phenoxy) is 2. The number of hydrogen-bond acceptors (Lipinski definition) is 9. The smallest absolute Gasteiger partial charge is 0.264 e. The lowest BCUT2D eigenvalue weighted by molar-refractivity contribution is -0.166. The summed E-state index contributed by atoms with van der Waals surface area (Å²) in [6.45, 7) is 1.67. The first-order valence-corrected chi connectivity index (χ1v) is 11.6. The summed E-state index contributed by atoms with van der Waals surface area (Å²) < 4.78 is 10.9. The fraction of sp³-hybridized carbons (Fsp3) is 0.556. The highest BCUT2D eigenvalue weighted by Gasteiger charge is 2.82. The molecule has 4 saturated heterocycles. The topological polar surface area (TPSA) is 103 Å². The highest BCUT2D eigenvalue weighted by atomic mass is 35.5. The van der Waals surface area contributed by atoms with Crippen molar-refractivity contribution in [3.05, 3.63) is 16.7 Å². The molecule has 2 amide bonds. The Balaban J connectivity index is 1.81. The van der Waals surface area contributed by atoms with E-state index in [9.17, 15) is 19.8 Å². The standard InChI is InChI=1S/C18H20ClN3O6S2/c1-16-14(24)22-13-17(26,12(23)18(22,30-29-16)15(25)21(16)3)7-6-8(19)10(27-4)11(28-5)9(7)20(13)2/h6,12-13,23,26H,1-5H3/t12-,13-,16-,17-,18-/m0/s1. The number of methoxy groups -OCH3 is 2. The van der Waals surface area contributed by atoms with Crippen LogP contribution in [0.3, 0.4) is 0 Å². The molecule has 162 valence electrons. The molecule has 12 heteroatoms. The minimum absolute atomic E-state index is 0.179. The maximum atomic E-state index is 13.6. The van der Waals surface area contributed by atoms with E-state index in [2.05, 4.69) is 0 Å². The van der Waals surface area contributed by atoms with E-state index in [1.54, 1.807) is 25.9 Å². The van der Waals surface area contributed by atoms with Gasteiger partial charge in [0.15, 0.2) is 22.0 Å². The number of amides is 2. The minimum Gasteiger partial charge on any atom is -0.491 e. The first kappa shape index (κ1) is 20.4. The molecule has 1 aromatic rings. The lowest BCUT2D eigenvalue weighted by atomic mass is 9.87. The largest absolute Gasteiger partial charge is 0.491 e. The molecule has 0 aliphatic carbocycles. The summed E-state index contributed by atoms with van der Waals surface area (Å²) >= 11 is 6.39. The molecule has 5 heterocycles. The van der Waals surface area contributed by atoms with Gasteiger partial charge < -0.3 is 29.5 Å². The predicted molar refractivity (Wildman–Crippen MR) is 113 cm³/mol. The van der Waals surface area contributed by atoms with Crippen molar-refractivity contribution in [1.29, 1.82) is 0 Å². The molecule has 1 spiro atoms. The molecule has 2 bridgehead atoms. The van der Waals surface area contributed by atoms with Crippen LogP contribution in [0.2, 0.25) is 5.02 Å². The average Bonchev–Trinajstić information content (AvgIpc) is 3.06. The second kappa shape index (κ2) is 5.83. The molecule has 9 nitrogen and oxygen atoms in total. The molecular formula is C18H20ClN3O6S2. The van der Waals surface area contributed by atoms with Crippen molar-refractivity contribution in [1.82, 2.24) is 9.80 Å². The van der Waals surface area contributed by atoms with Crippen molar-refractivity contribution >= 4 is 50.7 Å². The predicted octanol–water partition coefficient (Wildman–Crippen LogP) is 0.803. The van der Waals surface area contributed by atoms with Gasteiger partial charge in [0.2, 0.25) is 4.87 Å². The van der Waals surface area contributed by atoms with Crippen LogP contribution in [-0.4, -0.2) is 82.2 Å². The van der Waals surface area contributed by atoms with Gasteiger partial charge in [-0.05, 0) is 23.8 Å². The molecule has 5 aliphatic heterocycles. The van der Waals surface area contributed by atoms with Crippen molar-refractivity contribution in [2.24, 2.45) is 0 Å². The fourth-order valence-electron chi connectivity index (χ4n) is 5.10. The molecule has 1 aromatic carbocycles. The third-order valence-corrected chi connectivity index (χ3v) is 10.7. The maximum Gasteiger partial charge on any atom is 0.264 e. The molecule has 0 aromatic heterocycles. The van der Waals surface area contributed by atoms with E-state index in [1.807, 2.05) is 0 Å². The van der Waals surface area contributed by atoms with Crippen molar-refractivity contribution in [2.75, 3.05) is 33.2 Å². The number of aliphatic hydroxyl groups is 2. The summed E-state index contributed by atoms with van der Waals surface area (Å²) in [5.41, 5.74) is -1.25. The Kier molecular flexibility index (Phi) is 3.96. The Labute approximate surface area is 185 Å². The number of carbonyl (C=O) groups is 2. The number of likely N-dealkylation sites (N-methyl/N-ethyl adjacent to an activating group) is 2. The van der Waals surface area contributed by atoms with Crippen LogP contribution in [0.1, 0.15) is 12.5 Å². The Morgan fingerprint density at radius 1 is 1.13 bits per heavy atom. The van der Waals surface area contributed by atoms with E-state index in [-0.39, 0.29) is 28.0 Å². The van der Waals surface area contributed by atoms with Gasteiger partial charge in [0, 0.05) is 19.7 Å². The number of anilines is 1. The van der Waals surface area contributed by atoms with Crippen LogP contribution in [-0.2, 0) is 15.2 Å². The van der Waals surface area contributed by atoms with Gasteiger partial charge in [-0.25, -0.2) is 0 Å². The van der Waals surface area contributed by atoms with E-state index in [0.29, 0.717) is 5.69 Å². The number of halogens is 1. The SMILES string of the molecule is COc1c(Cl)cc2c(c1OC)N(C)[C@H]1N3C(=O)[C@]4(C)SS[C@]3(C(=O)N4C)[C@@H](O)[C@@]21O. The van der Waals surface area contributed by atoms with Crippen LogP contribution in [0.4, 0.5) is 5.69 Å². The number of rotatable bonds is 2. The van der Waals surface area contributed by atoms with Gasteiger partial charge in [-0.3, -0.25) is 14.5 Å². The van der Waals surface area contributed by atoms with Gasteiger partial charge in [-0.1, -0.05) is 22.4 Å². The second-order valence-electron chi connectivity index (χ2n) is 7.92. The lowest BCUT2D eigenvalue weighted by Gasteiger charge is -2.58. The number of benzene rings is 1. The minimum atomic E-state index is -1.97. The van der Waals surface area contributed by atoms with Crippen LogP contribution >= 0.6 is 33.2 Å². The summed E-state index contributed by atoms with van der Waals surface area (Å²) in [6, 6.07) is 1.50. The third-order valence-electron chi connectivity index (χ3n) is 6.70. The van der Waals surface area contributed by atoms with E-state index in [4.69, 9.17) is 21.1 Å². The van der Waals surface area contributed by atoms with Crippen molar-refractivity contribution in [3.8, 4) is 11.5 Å². The molecule has 0 radical (unpaired) electrons. The number of aliphatic hydroxyl groups excluding tert-OH is 1. The number of hydrogen-bond donors (Lipinski definition) is 2. The second-order valence-corrected chi connectivity index (χ2v) is 11.1. The molecule has 5 aliphatic rings. The molecule has 5 atom stereocenters. The summed E-state index contributed by atoms with van der Waals surface area (Å²) in [4.78, 5) is 28.5. The lowest BCUT2D eigenvalue weighted by Crippen LogP contribution is -2.77. The zero-order chi connectivity index (χ0) is 22.0. The summed E-state index contributed by atoms with van der Waals surface area (Å²) in [7, 11) is 8.43. The average molecular weight is 474 g/mol. The zero-order valence-corrected chi connectivity index (χ0v) is 19.2. The Morgan fingerprint density at radius 2 is 1.77 bits per heavy atom. The zero-order valence-electron chi connectivity index (χ0n) is 16.8. The van der Waals surface area contributed by atoms with Crippen molar-refractivity contribution in [3.63, 3.8) is 0 Å². The maximum absolute atomic E-state index is 13.6. The molecule has 6 rings (SSSR count). The monoisotopic (exact) mass is 473 g/mol. The van der Waals surface area contributed by atoms with Crippen LogP contribution in [0.5, 0.6) is 11.5 Å². The summed E-state index contributed by atoms with van der Waals surface area (Å²) in [6.07, 6.45) is -2.63. The first-order valence-electron chi connectivity index (χ1n) is 9.10. The van der Waals surface area contributed by atoms with E-state index in [1.165, 1.54) is 40.9 Å². The molecule has 2 N–H and O–H groups in total. The van der Waals surface area contributed by atoms with Gasteiger partial charge in [0.1, 0.15) is 12.3 Å². The van der Waals surface area contributed by atoms with Gasteiger partial charge in [0.05, 0.1) is 24.9 Å². The summed E-state index contributed by atoms with van der Waals surface area (Å²) in [5, 5.41) is 23.6. The molecule has 30 heavy (non-hydrogen) atoms. The Hall–Kier alpha value is -1.53. The number of carbonyl (C=O) groups excluding carboxylic acids is 2. The number of fused-ring (bicyclic) bond motifs is 5. The fourth-order valence-corrected chi connectivity index (χ4v) is 8.91. The first-order chi connectivity index (χ1) is 14.0. The van der Waals surface area contributed by atoms with Gasteiger partial charge in [-0.15, -0.1) is 0 Å². The highest BCUT2D eigenvalue weighted by molar-refractivity contribution is 8.78. The Bertz CT molecular complexity index is 1030.